The molecule has 0 aliphatic carbocycles. The highest BCUT2D eigenvalue weighted by atomic mass is 79.9. The Balaban J connectivity index is 2.02. The molecule has 0 aromatic heterocycles. The van der Waals surface area contributed by atoms with Crippen molar-refractivity contribution in [1.82, 2.24) is 10.2 Å². The molecular formula is C17H24BrN3O2. The van der Waals surface area contributed by atoms with Crippen LogP contribution in [0.15, 0.2) is 22.7 Å². The number of likely N-dealkylation sites (tertiary alicyclic amines) is 1. The van der Waals surface area contributed by atoms with Gasteiger partial charge in [0.15, 0.2) is 0 Å². The lowest BCUT2D eigenvalue weighted by Gasteiger charge is -2.44. The van der Waals surface area contributed by atoms with Crippen molar-refractivity contribution in [3.8, 4) is 0 Å². The fourth-order valence-corrected chi connectivity index (χ4v) is 4.36. The van der Waals surface area contributed by atoms with Gasteiger partial charge < -0.3 is 20.2 Å². The molecule has 0 bridgehead atoms. The van der Waals surface area contributed by atoms with Crippen molar-refractivity contribution in [3.63, 3.8) is 0 Å². The predicted octanol–water partition coefficient (Wildman–Crippen LogP) is 2.74. The number of aliphatic hydroxyl groups excluding tert-OH is 1. The van der Waals surface area contributed by atoms with Gasteiger partial charge in [-0.3, -0.25) is 0 Å². The van der Waals surface area contributed by atoms with E-state index in [1.54, 1.807) is 0 Å². The first-order valence-corrected chi connectivity index (χ1v) is 8.93. The van der Waals surface area contributed by atoms with Gasteiger partial charge in [0.25, 0.3) is 0 Å². The van der Waals surface area contributed by atoms with E-state index in [2.05, 4.69) is 38.3 Å². The van der Waals surface area contributed by atoms with E-state index in [-0.39, 0.29) is 36.7 Å². The summed E-state index contributed by atoms with van der Waals surface area (Å²) < 4.78 is 1.02. The molecule has 3 atom stereocenters. The number of urea groups is 1. The van der Waals surface area contributed by atoms with E-state index in [1.165, 1.54) is 0 Å². The first kappa shape index (κ1) is 16.6. The zero-order chi connectivity index (χ0) is 16.7. The molecule has 1 aromatic rings. The molecule has 0 radical (unpaired) electrons. The Hall–Kier alpha value is -1.27. The van der Waals surface area contributed by atoms with Gasteiger partial charge in [0.05, 0.1) is 18.7 Å². The number of nitrogens with one attached hydrogen (secondary N) is 1. The SMILES string of the molecule is CC(C)NC(=O)N1CC[C@@H]2[C@H]1c1cc(Br)ccc1N(C)[C@H]2CO. The van der Waals surface area contributed by atoms with Crippen molar-refractivity contribution in [2.24, 2.45) is 5.92 Å². The minimum Gasteiger partial charge on any atom is -0.394 e. The Morgan fingerprint density at radius 3 is 2.87 bits per heavy atom. The normalized spacial score (nSPS) is 26.3. The molecule has 5 nitrogen and oxygen atoms in total. The molecule has 1 fully saturated rings. The molecule has 2 heterocycles. The zero-order valence-corrected chi connectivity index (χ0v) is 15.4. The summed E-state index contributed by atoms with van der Waals surface area (Å²) in [6.07, 6.45) is 0.914. The van der Waals surface area contributed by atoms with Gasteiger partial charge in [0, 0.05) is 35.7 Å². The fraction of sp³-hybridized carbons (Fsp3) is 0.588. The van der Waals surface area contributed by atoms with Gasteiger partial charge in [-0.25, -0.2) is 4.79 Å². The van der Waals surface area contributed by atoms with Crippen LogP contribution in [-0.2, 0) is 0 Å². The van der Waals surface area contributed by atoms with E-state index in [0.29, 0.717) is 0 Å². The third-order valence-electron chi connectivity index (χ3n) is 4.98. The summed E-state index contributed by atoms with van der Waals surface area (Å²) in [6, 6.07) is 6.35. The van der Waals surface area contributed by atoms with Crippen molar-refractivity contribution in [3.05, 3.63) is 28.2 Å². The number of anilines is 1. The third kappa shape index (κ3) is 2.83. The van der Waals surface area contributed by atoms with Crippen molar-refractivity contribution >= 4 is 27.6 Å². The standard InChI is InChI=1S/C17H24BrN3O2/c1-10(2)19-17(23)21-7-6-12-15(9-22)20(3)14-5-4-11(18)8-13(14)16(12)21/h4-5,8,10,12,15-16,22H,6-7,9H2,1-3H3,(H,19,23)/t12-,15-,16-/m0/s1. The van der Waals surface area contributed by atoms with Crippen LogP contribution in [0.4, 0.5) is 10.5 Å². The molecule has 2 aliphatic heterocycles. The number of amides is 2. The van der Waals surface area contributed by atoms with Crippen LogP contribution in [0.5, 0.6) is 0 Å². The predicted molar refractivity (Wildman–Crippen MR) is 94.6 cm³/mol. The van der Waals surface area contributed by atoms with Gasteiger partial charge in [-0.05, 0) is 44.0 Å². The van der Waals surface area contributed by atoms with E-state index in [9.17, 15) is 9.90 Å². The zero-order valence-electron chi connectivity index (χ0n) is 13.8. The van der Waals surface area contributed by atoms with Crippen LogP contribution in [0.3, 0.4) is 0 Å². The molecule has 1 saturated heterocycles. The molecule has 2 N–H and O–H groups in total. The lowest BCUT2D eigenvalue weighted by atomic mass is 9.82. The second kappa shape index (κ2) is 6.32. The average Bonchev–Trinajstić information content (AvgIpc) is 2.92. The molecular weight excluding hydrogens is 358 g/mol. The van der Waals surface area contributed by atoms with Gasteiger partial charge in [-0.1, -0.05) is 15.9 Å². The number of hydrogen-bond donors (Lipinski definition) is 2. The van der Waals surface area contributed by atoms with E-state index < -0.39 is 0 Å². The largest absolute Gasteiger partial charge is 0.394 e. The highest BCUT2D eigenvalue weighted by molar-refractivity contribution is 9.10. The van der Waals surface area contributed by atoms with E-state index >= 15 is 0 Å². The van der Waals surface area contributed by atoms with Crippen molar-refractivity contribution in [2.75, 3.05) is 25.1 Å². The maximum atomic E-state index is 12.6. The number of likely N-dealkylation sites (N-methyl/N-ethyl adjacent to an activating group) is 1. The first-order chi connectivity index (χ1) is 10.9. The highest BCUT2D eigenvalue weighted by Gasteiger charge is 2.47. The van der Waals surface area contributed by atoms with Crippen molar-refractivity contribution < 1.29 is 9.90 Å². The minimum atomic E-state index is -0.0142. The smallest absolute Gasteiger partial charge is 0.318 e. The second-order valence-corrected chi connectivity index (χ2v) is 7.67. The molecule has 6 heteroatoms. The number of nitrogens with zero attached hydrogens (tertiary/aromatic N) is 2. The van der Waals surface area contributed by atoms with Gasteiger partial charge in [-0.15, -0.1) is 0 Å². The minimum absolute atomic E-state index is 0.0142. The maximum Gasteiger partial charge on any atom is 0.318 e. The molecule has 23 heavy (non-hydrogen) atoms. The van der Waals surface area contributed by atoms with Gasteiger partial charge in [-0.2, -0.15) is 0 Å². The van der Waals surface area contributed by atoms with E-state index in [1.807, 2.05) is 31.9 Å². The molecule has 1 aromatic carbocycles. The number of hydrogen-bond acceptors (Lipinski definition) is 3. The quantitative estimate of drug-likeness (QED) is 0.827. The summed E-state index contributed by atoms with van der Waals surface area (Å²) >= 11 is 3.55. The van der Waals surface area contributed by atoms with Crippen molar-refractivity contribution in [2.45, 2.75) is 38.4 Å². The van der Waals surface area contributed by atoms with E-state index in [0.717, 1.165) is 28.7 Å². The number of aliphatic hydroxyl groups is 1. The number of benzene rings is 1. The van der Waals surface area contributed by atoms with Gasteiger partial charge in [0.2, 0.25) is 0 Å². The van der Waals surface area contributed by atoms with Crippen LogP contribution in [-0.4, -0.2) is 48.3 Å². The molecule has 2 amide bonds. The monoisotopic (exact) mass is 381 g/mol. The topological polar surface area (TPSA) is 55.8 Å². The Morgan fingerprint density at radius 1 is 1.48 bits per heavy atom. The molecule has 126 valence electrons. The van der Waals surface area contributed by atoms with Crippen LogP contribution in [0, 0.1) is 5.92 Å². The number of carbonyl (C=O) groups excluding carboxylic acids is 1. The van der Waals surface area contributed by atoms with Gasteiger partial charge in [0.1, 0.15) is 0 Å². The fourth-order valence-electron chi connectivity index (χ4n) is 3.98. The summed E-state index contributed by atoms with van der Waals surface area (Å²) in [6.45, 7) is 4.78. The number of fused-ring (bicyclic) bond motifs is 3. The number of halogens is 1. The number of carbonyl (C=O) groups is 1. The molecule has 3 rings (SSSR count). The Morgan fingerprint density at radius 2 is 2.22 bits per heavy atom. The summed E-state index contributed by atoms with van der Waals surface area (Å²) in [7, 11) is 2.03. The molecule has 2 aliphatic rings. The second-order valence-electron chi connectivity index (χ2n) is 6.76. The average molecular weight is 382 g/mol. The number of rotatable bonds is 2. The molecule has 0 saturated carbocycles. The Bertz CT molecular complexity index is 608. The Labute approximate surface area is 145 Å². The van der Waals surface area contributed by atoms with Crippen molar-refractivity contribution in [1.29, 1.82) is 0 Å². The molecule has 0 unspecified atom stereocenters. The lowest BCUT2D eigenvalue weighted by molar-refractivity contribution is 0.159. The first-order valence-electron chi connectivity index (χ1n) is 8.14. The third-order valence-corrected chi connectivity index (χ3v) is 5.48. The lowest BCUT2D eigenvalue weighted by Crippen LogP contribution is -2.50. The maximum absolute atomic E-state index is 12.6. The van der Waals surface area contributed by atoms with Crippen LogP contribution in [0.2, 0.25) is 0 Å². The van der Waals surface area contributed by atoms with Crippen LogP contribution >= 0.6 is 15.9 Å². The van der Waals surface area contributed by atoms with E-state index in [4.69, 9.17) is 0 Å². The van der Waals surface area contributed by atoms with Gasteiger partial charge >= 0.3 is 6.03 Å². The molecule has 0 spiro atoms. The summed E-state index contributed by atoms with van der Waals surface area (Å²) in [5.74, 6) is 0.254. The summed E-state index contributed by atoms with van der Waals surface area (Å²) in [5, 5.41) is 12.9. The van der Waals surface area contributed by atoms with Crippen LogP contribution < -0.4 is 10.2 Å². The van der Waals surface area contributed by atoms with Crippen LogP contribution in [0.1, 0.15) is 31.9 Å². The van der Waals surface area contributed by atoms with Crippen LogP contribution in [0.25, 0.3) is 0 Å². The Kier molecular flexibility index (Phi) is 4.56. The summed E-state index contributed by atoms with van der Waals surface area (Å²) in [4.78, 5) is 16.7. The highest BCUT2D eigenvalue weighted by Crippen LogP contribution is 2.48. The summed E-state index contributed by atoms with van der Waals surface area (Å²) in [5.41, 5.74) is 2.26.